The third kappa shape index (κ3) is 5.30. The van der Waals surface area contributed by atoms with Gasteiger partial charge in [-0.1, -0.05) is 41.9 Å². The smallest absolute Gasteiger partial charge is 0.326 e. The van der Waals surface area contributed by atoms with Crippen molar-refractivity contribution in [3.05, 3.63) is 34.3 Å². The topological polar surface area (TPSA) is 78.4 Å². The lowest BCUT2D eigenvalue weighted by Crippen LogP contribution is -2.48. The van der Waals surface area contributed by atoms with Crippen LogP contribution in [0.3, 0.4) is 0 Å². The molecule has 1 rings (SSSR count). The zero-order valence-corrected chi connectivity index (χ0v) is 12.4. The van der Waals surface area contributed by atoms with Gasteiger partial charge in [-0.2, -0.15) is 0 Å². The fraction of sp³-hybridized carbons (Fsp3) is 0.385. The van der Waals surface area contributed by atoms with E-state index in [-0.39, 0.29) is 5.92 Å². The summed E-state index contributed by atoms with van der Waals surface area (Å²) in [7, 11) is 0. The zero-order chi connectivity index (χ0) is 14.4. The molecule has 0 fully saturated rings. The largest absolute Gasteiger partial charge is 0.480 e. The van der Waals surface area contributed by atoms with Gasteiger partial charge in [0, 0.05) is 11.0 Å². The van der Waals surface area contributed by atoms with E-state index in [9.17, 15) is 9.59 Å². The molecular formula is C13H17BrN2O3. The van der Waals surface area contributed by atoms with E-state index < -0.39 is 18.0 Å². The van der Waals surface area contributed by atoms with Crippen molar-refractivity contribution in [2.24, 2.45) is 5.92 Å². The van der Waals surface area contributed by atoms with E-state index in [0.717, 1.165) is 10.0 Å². The second kappa shape index (κ2) is 7.13. The SMILES string of the molecule is CC(C)[C@H](NC(=O)NCc1ccc(Br)cc1)C(=O)O. The van der Waals surface area contributed by atoms with Crippen molar-refractivity contribution in [3.63, 3.8) is 0 Å². The van der Waals surface area contributed by atoms with Crippen LogP contribution in [0.25, 0.3) is 0 Å². The molecule has 2 amide bonds. The first-order valence-electron chi connectivity index (χ1n) is 5.91. The Morgan fingerprint density at radius 1 is 1.26 bits per heavy atom. The fourth-order valence-corrected chi connectivity index (χ4v) is 1.75. The first-order valence-corrected chi connectivity index (χ1v) is 6.71. The third-order valence-corrected chi connectivity index (χ3v) is 3.11. The Labute approximate surface area is 120 Å². The Hall–Kier alpha value is -1.56. The number of halogens is 1. The number of amides is 2. The number of carbonyl (C=O) groups is 2. The Balaban J connectivity index is 2.47. The van der Waals surface area contributed by atoms with Crippen molar-refractivity contribution < 1.29 is 14.7 Å². The van der Waals surface area contributed by atoms with Crippen LogP contribution in [-0.2, 0) is 11.3 Å². The molecule has 0 aromatic heterocycles. The molecule has 0 bridgehead atoms. The number of nitrogens with one attached hydrogen (secondary N) is 2. The molecule has 0 aliphatic rings. The van der Waals surface area contributed by atoms with Gasteiger partial charge >= 0.3 is 12.0 Å². The van der Waals surface area contributed by atoms with Crippen molar-refractivity contribution >= 4 is 27.9 Å². The van der Waals surface area contributed by atoms with E-state index in [1.165, 1.54) is 0 Å². The lowest BCUT2D eigenvalue weighted by atomic mass is 10.1. The van der Waals surface area contributed by atoms with Gasteiger partial charge in [0.15, 0.2) is 0 Å². The van der Waals surface area contributed by atoms with Crippen molar-refractivity contribution in [1.29, 1.82) is 0 Å². The normalized spacial score (nSPS) is 12.0. The fourth-order valence-electron chi connectivity index (χ4n) is 1.49. The highest BCUT2D eigenvalue weighted by Gasteiger charge is 2.23. The van der Waals surface area contributed by atoms with Gasteiger partial charge in [-0.25, -0.2) is 9.59 Å². The maximum absolute atomic E-state index is 11.6. The Bertz CT molecular complexity index is 446. The summed E-state index contributed by atoms with van der Waals surface area (Å²) in [5.74, 6) is -1.20. The van der Waals surface area contributed by atoms with E-state index >= 15 is 0 Å². The number of benzene rings is 1. The summed E-state index contributed by atoms with van der Waals surface area (Å²) in [6.45, 7) is 3.84. The molecule has 0 heterocycles. The highest BCUT2D eigenvalue weighted by atomic mass is 79.9. The molecule has 0 saturated heterocycles. The predicted molar refractivity (Wildman–Crippen MR) is 75.8 cm³/mol. The average molecular weight is 329 g/mol. The van der Waals surface area contributed by atoms with E-state index in [2.05, 4.69) is 26.6 Å². The summed E-state index contributed by atoms with van der Waals surface area (Å²) >= 11 is 3.33. The molecule has 0 radical (unpaired) electrons. The van der Waals surface area contributed by atoms with Crippen LogP contribution in [-0.4, -0.2) is 23.1 Å². The van der Waals surface area contributed by atoms with Gasteiger partial charge in [0.1, 0.15) is 6.04 Å². The second-order valence-corrected chi connectivity index (χ2v) is 5.43. The first-order chi connectivity index (χ1) is 8.90. The maximum atomic E-state index is 11.6. The van der Waals surface area contributed by atoms with Gasteiger partial charge in [0.2, 0.25) is 0 Å². The minimum Gasteiger partial charge on any atom is -0.480 e. The summed E-state index contributed by atoms with van der Waals surface area (Å²) in [5, 5.41) is 14.0. The van der Waals surface area contributed by atoms with Crippen LogP contribution in [0.5, 0.6) is 0 Å². The van der Waals surface area contributed by atoms with E-state index in [1.807, 2.05) is 24.3 Å². The van der Waals surface area contributed by atoms with Crippen molar-refractivity contribution in [1.82, 2.24) is 10.6 Å². The van der Waals surface area contributed by atoms with Crippen LogP contribution in [0.1, 0.15) is 19.4 Å². The molecular weight excluding hydrogens is 312 g/mol. The lowest BCUT2D eigenvalue weighted by Gasteiger charge is -2.18. The van der Waals surface area contributed by atoms with E-state index in [4.69, 9.17) is 5.11 Å². The standard InChI is InChI=1S/C13H17BrN2O3/c1-8(2)11(12(17)18)16-13(19)15-7-9-3-5-10(14)6-4-9/h3-6,8,11H,7H2,1-2H3,(H,17,18)(H2,15,16,19)/t11-/m0/s1. The van der Waals surface area contributed by atoms with Gasteiger partial charge in [-0.05, 0) is 23.6 Å². The van der Waals surface area contributed by atoms with Gasteiger partial charge in [0.25, 0.3) is 0 Å². The van der Waals surface area contributed by atoms with Crippen LogP contribution in [0.2, 0.25) is 0 Å². The number of carboxylic acids is 1. The minimum atomic E-state index is -1.03. The number of hydrogen-bond acceptors (Lipinski definition) is 2. The zero-order valence-electron chi connectivity index (χ0n) is 10.8. The van der Waals surface area contributed by atoms with Crippen LogP contribution >= 0.6 is 15.9 Å². The molecule has 1 aromatic rings. The average Bonchev–Trinajstić information content (AvgIpc) is 2.34. The molecule has 3 N–H and O–H groups in total. The lowest BCUT2D eigenvalue weighted by molar-refractivity contribution is -0.140. The van der Waals surface area contributed by atoms with Gasteiger partial charge in [0.05, 0.1) is 0 Å². The summed E-state index contributed by atoms with van der Waals surface area (Å²) in [4.78, 5) is 22.5. The molecule has 1 aromatic carbocycles. The highest BCUT2D eigenvalue weighted by Crippen LogP contribution is 2.10. The van der Waals surface area contributed by atoms with Crippen LogP contribution in [0, 0.1) is 5.92 Å². The number of carboxylic acid groups (broad SMARTS) is 1. The summed E-state index contributed by atoms with van der Waals surface area (Å²) < 4.78 is 0.964. The summed E-state index contributed by atoms with van der Waals surface area (Å²) in [6.07, 6.45) is 0. The monoisotopic (exact) mass is 328 g/mol. The van der Waals surface area contributed by atoms with Crippen LogP contribution in [0.4, 0.5) is 4.79 Å². The molecule has 0 aliphatic heterocycles. The molecule has 0 aliphatic carbocycles. The quantitative estimate of drug-likeness (QED) is 0.776. The Morgan fingerprint density at radius 2 is 1.84 bits per heavy atom. The van der Waals surface area contributed by atoms with Gasteiger partial charge in [-0.3, -0.25) is 0 Å². The van der Waals surface area contributed by atoms with Gasteiger partial charge < -0.3 is 15.7 Å². The van der Waals surface area contributed by atoms with Crippen LogP contribution in [0.15, 0.2) is 28.7 Å². The maximum Gasteiger partial charge on any atom is 0.326 e. The molecule has 0 spiro atoms. The predicted octanol–water partition coefficient (Wildman–Crippen LogP) is 2.36. The van der Waals surface area contributed by atoms with Crippen LogP contribution < -0.4 is 10.6 Å². The molecule has 1 atom stereocenters. The van der Waals surface area contributed by atoms with Crippen molar-refractivity contribution in [3.8, 4) is 0 Å². The Morgan fingerprint density at radius 3 is 2.32 bits per heavy atom. The summed E-state index contributed by atoms with van der Waals surface area (Å²) in [6, 6.07) is 6.14. The number of rotatable bonds is 5. The number of hydrogen-bond donors (Lipinski definition) is 3. The molecule has 19 heavy (non-hydrogen) atoms. The second-order valence-electron chi connectivity index (χ2n) is 4.51. The minimum absolute atomic E-state index is 0.170. The first kappa shape index (κ1) is 15.5. The number of urea groups is 1. The van der Waals surface area contributed by atoms with Crippen molar-refractivity contribution in [2.45, 2.75) is 26.4 Å². The van der Waals surface area contributed by atoms with E-state index in [0.29, 0.717) is 6.54 Å². The van der Waals surface area contributed by atoms with Crippen molar-refractivity contribution in [2.75, 3.05) is 0 Å². The molecule has 5 nitrogen and oxygen atoms in total. The van der Waals surface area contributed by atoms with Gasteiger partial charge in [-0.15, -0.1) is 0 Å². The molecule has 0 saturated carbocycles. The third-order valence-electron chi connectivity index (χ3n) is 2.59. The molecule has 6 heteroatoms. The number of aliphatic carboxylic acids is 1. The Kier molecular flexibility index (Phi) is 5.82. The highest BCUT2D eigenvalue weighted by molar-refractivity contribution is 9.10. The molecule has 104 valence electrons. The number of carbonyl (C=O) groups excluding carboxylic acids is 1. The van der Waals surface area contributed by atoms with E-state index in [1.54, 1.807) is 13.8 Å². The molecule has 0 unspecified atom stereocenters. The summed E-state index contributed by atoms with van der Waals surface area (Å²) in [5.41, 5.74) is 0.940.